The molecule has 2 heteroatoms. The van der Waals surface area contributed by atoms with Crippen LogP contribution in [0.4, 0.5) is 5.69 Å². The van der Waals surface area contributed by atoms with Crippen molar-refractivity contribution in [2.24, 2.45) is 0 Å². The van der Waals surface area contributed by atoms with Gasteiger partial charge in [-0.1, -0.05) is 31.9 Å². The number of rotatable bonds is 8. The average molecular weight is 234 g/mol. The highest BCUT2D eigenvalue weighted by molar-refractivity contribution is 5.47. The molecule has 0 aliphatic carbocycles. The predicted octanol–water partition coefficient (Wildman–Crippen LogP) is 3.21. The lowest BCUT2D eigenvalue weighted by molar-refractivity contribution is 0.615. The Morgan fingerprint density at radius 1 is 1.18 bits per heavy atom. The first-order chi connectivity index (χ1) is 8.24. The molecule has 0 saturated heterocycles. The van der Waals surface area contributed by atoms with Gasteiger partial charge in [-0.2, -0.15) is 0 Å². The molecule has 0 heterocycles. The van der Waals surface area contributed by atoms with Gasteiger partial charge < -0.3 is 10.2 Å². The van der Waals surface area contributed by atoms with Crippen LogP contribution < -0.4 is 10.2 Å². The second kappa shape index (κ2) is 8.13. The predicted molar refractivity (Wildman–Crippen MR) is 76.8 cm³/mol. The molecule has 0 bridgehead atoms. The third-order valence-electron chi connectivity index (χ3n) is 3.02. The quantitative estimate of drug-likeness (QED) is 0.695. The number of likely N-dealkylation sites (N-methyl/N-ethyl adjacent to an activating group) is 1. The summed E-state index contributed by atoms with van der Waals surface area (Å²) in [5.74, 6) is 0. The van der Waals surface area contributed by atoms with E-state index >= 15 is 0 Å². The largest absolute Gasteiger partial charge is 0.373 e. The van der Waals surface area contributed by atoms with Crippen molar-refractivity contribution < 1.29 is 0 Å². The van der Waals surface area contributed by atoms with Gasteiger partial charge in [0.1, 0.15) is 0 Å². The van der Waals surface area contributed by atoms with E-state index in [0.717, 1.165) is 19.6 Å². The Bertz CT molecular complexity index is 310. The van der Waals surface area contributed by atoms with Gasteiger partial charge in [0.15, 0.2) is 0 Å². The smallest absolute Gasteiger partial charge is 0.0366 e. The van der Waals surface area contributed by atoms with Gasteiger partial charge >= 0.3 is 0 Å². The summed E-state index contributed by atoms with van der Waals surface area (Å²) < 4.78 is 0. The van der Waals surface area contributed by atoms with E-state index in [2.05, 4.69) is 55.4 Å². The van der Waals surface area contributed by atoms with E-state index in [1.807, 2.05) is 0 Å². The van der Waals surface area contributed by atoms with E-state index < -0.39 is 0 Å². The molecule has 1 aromatic rings. The van der Waals surface area contributed by atoms with Crippen LogP contribution in [0.1, 0.15) is 31.7 Å². The molecule has 96 valence electrons. The summed E-state index contributed by atoms with van der Waals surface area (Å²) in [5.41, 5.74) is 2.63. The van der Waals surface area contributed by atoms with E-state index in [4.69, 9.17) is 0 Å². The van der Waals surface area contributed by atoms with Crippen LogP contribution >= 0.6 is 0 Å². The molecule has 17 heavy (non-hydrogen) atoms. The summed E-state index contributed by atoms with van der Waals surface area (Å²) in [6.45, 7) is 7.66. The molecule has 0 aliphatic rings. The number of nitrogens with zero attached hydrogens (tertiary/aromatic N) is 1. The van der Waals surface area contributed by atoms with Gasteiger partial charge in [-0.3, -0.25) is 0 Å². The van der Waals surface area contributed by atoms with Crippen molar-refractivity contribution in [3.63, 3.8) is 0 Å². The molecule has 0 atom stereocenters. The maximum absolute atomic E-state index is 3.49. The van der Waals surface area contributed by atoms with Crippen molar-refractivity contribution in [1.82, 2.24) is 5.32 Å². The zero-order valence-corrected chi connectivity index (χ0v) is 11.5. The molecule has 0 aromatic heterocycles. The molecule has 0 fully saturated rings. The summed E-state index contributed by atoms with van der Waals surface area (Å²) in [6, 6.07) is 8.66. The molecule has 0 radical (unpaired) electrons. The van der Waals surface area contributed by atoms with Crippen LogP contribution in [-0.2, 0) is 0 Å². The Labute approximate surface area is 106 Å². The Balaban J connectivity index is 2.19. The minimum absolute atomic E-state index is 1.06. The number of nitrogens with one attached hydrogen (secondary N) is 1. The van der Waals surface area contributed by atoms with Gasteiger partial charge in [0.05, 0.1) is 0 Å². The zero-order valence-electron chi connectivity index (χ0n) is 11.5. The highest BCUT2D eigenvalue weighted by Gasteiger charge is 1.99. The Morgan fingerprint density at radius 3 is 2.71 bits per heavy atom. The van der Waals surface area contributed by atoms with Crippen molar-refractivity contribution in [2.75, 3.05) is 31.6 Å². The second-order valence-corrected chi connectivity index (χ2v) is 4.72. The molecule has 1 aromatic carbocycles. The lowest BCUT2D eigenvalue weighted by Crippen LogP contribution is -2.29. The number of hydrogen-bond acceptors (Lipinski definition) is 2. The fourth-order valence-electron chi connectivity index (χ4n) is 1.87. The van der Waals surface area contributed by atoms with Crippen LogP contribution in [0.15, 0.2) is 24.3 Å². The second-order valence-electron chi connectivity index (χ2n) is 4.72. The molecule has 1 N–H and O–H groups in total. The van der Waals surface area contributed by atoms with Gasteiger partial charge in [-0.05, 0) is 37.6 Å². The van der Waals surface area contributed by atoms with Gasteiger partial charge in [0, 0.05) is 25.8 Å². The minimum atomic E-state index is 1.06. The molecule has 0 amide bonds. The molecule has 2 nitrogen and oxygen atoms in total. The lowest BCUT2D eigenvalue weighted by Gasteiger charge is -2.20. The monoisotopic (exact) mass is 234 g/mol. The van der Waals surface area contributed by atoms with E-state index in [0.29, 0.717) is 0 Å². The number of benzene rings is 1. The topological polar surface area (TPSA) is 15.3 Å². The molecule has 0 spiro atoms. The summed E-state index contributed by atoms with van der Waals surface area (Å²) in [5, 5.41) is 3.49. The standard InChI is InChI=1S/C15H26N2/c1-4-5-6-10-16-11-12-17(3)15-9-7-8-14(2)13-15/h7-9,13,16H,4-6,10-12H2,1-3H3. The van der Waals surface area contributed by atoms with E-state index in [1.54, 1.807) is 0 Å². The van der Waals surface area contributed by atoms with Crippen molar-refractivity contribution in [3.05, 3.63) is 29.8 Å². The maximum Gasteiger partial charge on any atom is 0.0366 e. The van der Waals surface area contributed by atoms with Crippen molar-refractivity contribution in [1.29, 1.82) is 0 Å². The third-order valence-corrected chi connectivity index (χ3v) is 3.02. The van der Waals surface area contributed by atoms with Crippen LogP contribution in [-0.4, -0.2) is 26.7 Å². The van der Waals surface area contributed by atoms with E-state index in [1.165, 1.54) is 30.5 Å². The SMILES string of the molecule is CCCCCNCCN(C)c1cccc(C)c1. The van der Waals surface area contributed by atoms with Crippen molar-refractivity contribution >= 4 is 5.69 Å². The number of hydrogen-bond donors (Lipinski definition) is 1. The Kier molecular flexibility index (Phi) is 6.71. The third kappa shape index (κ3) is 5.73. The van der Waals surface area contributed by atoms with E-state index in [-0.39, 0.29) is 0 Å². The highest BCUT2D eigenvalue weighted by Crippen LogP contribution is 2.13. The first-order valence-electron chi connectivity index (χ1n) is 6.72. The normalized spacial score (nSPS) is 10.5. The first-order valence-corrected chi connectivity index (χ1v) is 6.72. The van der Waals surface area contributed by atoms with Gasteiger partial charge in [0.2, 0.25) is 0 Å². The van der Waals surface area contributed by atoms with Crippen molar-refractivity contribution in [3.8, 4) is 0 Å². The Morgan fingerprint density at radius 2 is 2.00 bits per heavy atom. The molecule has 0 unspecified atom stereocenters. The van der Waals surface area contributed by atoms with Gasteiger partial charge in [-0.25, -0.2) is 0 Å². The van der Waals surface area contributed by atoms with Crippen LogP contribution in [0, 0.1) is 6.92 Å². The van der Waals surface area contributed by atoms with Crippen molar-refractivity contribution in [2.45, 2.75) is 33.1 Å². The summed E-state index contributed by atoms with van der Waals surface area (Å²) in [4.78, 5) is 2.31. The summed E-state index contributed by atoms with van der Waals surface area (Å²) >= 11 is 0. The molecule has 0 aliphatic heterocycles. The van der Waals surface area contributed by atoms with Crippen LogP contribution in [0.25, 0.3) is 0 Å². The first kappa shape index (κ1) is 14.0. The molecule has 0 saturated carbocycles. The average Bonchev–Trinajstić information content (AvgIpc) is 2.33. The lowest BCUT2D eigenvalue weighted by atomic mass is 10.2. The van der Waals surface area contributed by atoms with E-state index in [9.17, 15) is 0 Å². The maximum atomic E-state index is 3.49. The number of anilines is 1. The minimum Gasteiger partial charge on any atom is -0.373 e. The summed E-state index contributed by atoms with van der Waals surface area (Å²) in [6.07, 6.45) is 3.93. The van der Waals surface area contributed by atoms with Crippen LogP contribution in [0.5, 0.6) is 0 Å². The fraction of sp³-hybridized carbons (Fsp3) is 0.600. The highest BCUT2D eigenvalue weighted by atomic mass is 15.1. The fourth-order valence-corrected chi connectivity index (χ4v) is 1.87. The zero-order chi connectivity index (χ0) is 12.5. The van der Waals surface area contributed by atoms with Gasteiger partial charge in [0.25, 0.3) is 0 Å². The molecule has 1 rings (SSSR count). The number of unbranched alkanes of at least 4 members (excludes halogenated alkanes) is 2. The summed E-state index contributed by atoms with van der Waals surface area (Å²) in [7, 11) is 2.16. The molecular weight excluding hydrogens is 208 g/mol. The molecular formula is C15H26N2. The van der Waals surface area contributed by atoms with Crippen LogP contribution in [0.2, 0.25) is 0 Å². The number of aryl methyl sites for hydroxylation is 1. The van der Waals surface area contributed by atoms with Crippen LogP contribution in [0.3, 0.4) is 0 Å². The Hall–Kier alpha value is -1.02. The van der Waals surface area contributed by atoms with Gasteiger partial charge in [-0.15, -0.1) is 0 Å².